The van der Waals surface area contributed by atoms with Crippen molar-refractivity contribution in [1.29, 1.82) is 0 Å². The van der Waals surface area contributed by atoms with Crippen molar-refractivity contribution in [2.75, 3.05) is 0 Å². The quantitative estimate of drug-likeness (QED) is 0.0763. The molecule has 0 bridgehead atoms. The van der Waals surface area contributed by atoms with Gasteiger partial charge in [-0.1, -0.05) is 130 Å². The van der Waals surface area contributed by atoms with Crippen LogP contribution in [-0.2, 0) is 49.5 Å². The van der Waals surface area contributed by atoms with Crippen molar-refractivity contribution < 1.29 is 33.7 Å². The highest BCUT2D eigenvalue weighted by Gasteiger charge is 2.41. The summed E-state index contributed by atoms with van der Waals surface area (Å²) in [7, 11) is -2.39. The van der Waals surface area contributed by atoms with Crippen molar-refractivity contribution in [2.45, 2.75) is 133 Å². The maximum atomic E-state index is 13.9. The van der Waals surface area contributed by atoms with Gasteiger partial charge in [0, 0.05) is 12.8 Å². The van der Waals surface area contributed by atoms with Crippen LogP contribution in [0.15, 0.2) is 109 Å². The highest BCUT2D eigenvalue weighted by Crippen LogP contribution is 2.39. The Morgan fingerprint density at radius 2 is 1.02 bits per heavy atom. The van der Waals surface area contributed by atoms with E-state index in [0.29, 0.717) is 38.9 Å². The van der Waals surface area contributed by atoms with Crippen molar-refractivity contribution in [3.8, 4) is 0 Å². The van der Waals surface area contributed by atoms with Crippen molar-refractivity contribution in [3.63, 3.8) is 0 Å². The molecule has 0 aromatic heterocycles. The lowest BCUT2D eigenvalue weighted by molar-refractivity contribution is -0.126. The lowest BCUT2D eigenvalue weighted by Crippen LogP contribution is -2.46. The second-order valence-electron chi connectivity index (χ2n) is 17.2. The summed E-state index contributed by atoms with van der Waals surface area (Å²) in [6, 6.07) is 34.4. The summed E-state index contributed by atoms with van der Waals surface area (Å²) in [4.78, 5) is 27.8. The minimum Gasteiger partial charge on any atom is -0.414 e. The molecular formula is C47H60N2O7Si. The van der Waals surface area contributed by atoms with E-state index in [-0.39, 0.29) is 29.7 Å². The van der Waals surface area contributed by atoms with Gasteiger partial charge in [-0.3, -0.25) is 9.59 Å². The molecule has 2 aliphatic rings. The molecule has 6 rings (SSSR count). The van der Waals surface area contributed by atoms with E-state index in [1.807, 2.05) is 109 Å². The van der Waals surface area contributed by atoms with Crippen LogP contribution in [0.25, 0.3) is 0 Å². The molecule has 304 valence electrons. The molecule has 2 aliphatic carbocycles. The SMILES string of the molecule is CC(C)(C)[Si](C)(C)OC(C[C@H](CC(=O)N[C@H]1c2ccccc2C[C@H]1O)OCc1ccccc1)C[C@H](CC(=O)N[C@H]1c2ccccc2C[C@H]1O)OCc1ccccc1. The summed E-state index contributed by atoms with van der Waals surface area (Å²) in [6.07, 6.45) is -1.04. The van der Waals surface area contributed by atoms with Crippen LogP contribution in [-0.4, -0.2) is 60.9 Å². The van der Waals surface area contributed by atoms with Crippen molar-refractivity contribution in [1.82, 2.24) is 10.6 Å². The van der Waals surface area contributed by atoms with Gasteiger partial charge in [0.2, 0.25) is 11.8 Å². The molecule has 2 amide bonds. The zero-order chi connectivity index (χ0) is 40.6. The number of benzene rings is 4. The molecule has 0 saturated heterocycles. The first-order valence-electron chi connectivity index (χ1n) is 20.3. The number of amides is 2. The van der Waals surface area contributed by atoms with Gasteiger partial charge in [-0.2, -0.15) is 0 Å². The van der Waals surface area contributed by atoms with Crippen molar-refractivity contribution in [2.24, 2.45) is 0 Å². The van der Waals surface area contributed by atoms with Gasteiger partial charge < -0.3 is 34.7 Å². The molecule has 0 unspecified atom stereocenters. The Morgan fingerprint density at radius 1 is 0.632 bits per heavy atom. The molecule has 57 heavy (non-hydrogen) atoms. The topological polar surface area (TPSA) is 126 Å². The van der Waals surface area contributed by atoms with Crippen LogP contribution in [0.5, 0.6) is 0 Å². The lowest BCUT2D eigenvalue weighted by Gasteiger charge is -2.41. The van der Waals surface area contributed by atoms with Crippen LogP contribution in [0.2, 0.25) is 18.1 Å². The van der Waals surface area contributed by atoms with Crippen LogP contribution in [0.1, 0.15) is 91.9 Å². The number of hydrogen-bond donors (Lipinski definition) is 4. The number of carbonyl (C=O) groups excluding carboxylic acids is 2. The van der Waals surface area contributed by atoms with Gasteiger partial charge in [0.15, 0.2) is 8.32 Å². The number of aliphatic hydroxyl groups is 2. The summed E-state index contributed by atoms with van der Waals surface area (Å²) >= 11 is 0. The predicted molar refractivity (Wildman–Crippen MR) is 225 cm³/mol. The van der Waals surface area contributed by atoms with E-state index >= 15 is 0 Å². The Kier molecular flexibility index (Phi) is 14.2. The summed E-state index contributed by atoms with van der Waals surface area (Å²) < 4.78 is 20.3. The minimum absolute atomic E-state index is 0.0601. The maximum Gasteiger partial charge on any atom is 0.223 e. The van der Waals surface area contributed by atoms with Gasteiger partial charge in [-0.05, 0) is 64.4 Å². The Hall–Kier alpha value is -4.16. The maximum absolute atomic E-state index is 13.9. The zero-order valence-electron chi connectivity index (χ0n) is 34.0. The molecule has 0 saturated carbocycles. The number of rotatable bonds is 18. The van der Waals surface area contributed by atoms with E-state index in [2.05, 4.69) is 44.5 Å². The van der Waals surface area contributed by atoms with Gasteiger partial charge >= 0.3 is 0 Å². The van der Waals surface area contributed by atoms with Gasteiger partial charge in [-0.25, -0.2) is 0 Å². The Bertz CT molecular complexity index is 1790. The molecular weight excluding hydrogens is 733 g/mol. The standard InChI is InChI=1S/C47H60N2O7Si/c1-47(2,3)57(4,5)56-38(26-36(54-30-32-16-8-6-9-17-32)28-43(52)48-45-39-22-14-12-20-34(39)24-41(45)50)27-37(55-31-33-18-10-7-11-19-33)29-44(53)49-46-40-23-15-13-21-35(40)25-42(46)51/h6-23,36-38,41-42,45-46,50-51H,24-31H2,1-5H3,(H,48,52)(H,49,53)/t36-,37-,41-,42-,45+,46+/m1/s1. The van der Waals surface area contributed by atoms with Crippen LogP contribution in [0.4, 0.5) is 0 Å². The van der Waals surface area contributed by atoms with Crippen molar-refractivity contribution in [3.05, 3.63) is 143 Å². The summed E-state index contributed by atoms with van der Waals surface area (Å²) in [6.45, 7) is 11.6. The first kappa shape index (κ1) is 42.4. The van der Waals surface area contributed by atoms with Crippen molar-refractivity contribution >= 4 is 20.1 Å². The molecule has 0 spiro atoms. The van der Waals surface area contributed by atoms with Gasteiger partial charge in [-0.15, -0.1) is 0 Å². The van der Waals surface area contributed by atoms with Gasteiger partial charge in [0.25, 0.3) is 0 Å². The number of nitrogens with one attached hydrogen (secondary N) is 2. The molecule has 0 radical (unpaired) electrons. The predicted octanol–water partition coefficient (Wildman–Crippen LogP) is 7.66. The molecule has 0 heterocycles. The number of ether oxygens (including phenoxy) is 2. The van der Waals surface area contributed by atoms with Gasteiger partial charge in [0.1, 0.15) is 0 Å². The van der Waals surface area contributed by atoms with E-state index in [9.17, 15) is 19.8 Å². The van der Waals surface area contributed by atoms with Crippen LogP contribution < -0.4 is 10.6 Å². The zero-order valence-corrected chi connectivity index (χ0v) is 35.0. The molecule has 0 aliphatic heterocycles. The molecule has 10 heteroatoms. The minimum atomic E-state index is -2.39. The number of carbonyl (C=O) groups is 2. The van der Waals surface area contributed by atoms with E-state index in [0.717, 1.165) is 33.4 Å². The largest absolute Gasteiger partial charge is 0.414 e. The fourth-order valence-electron chi connectivity index (χ4n) is 7.74. The second kappa shape index (κ2) is 19.1. The number of fused-ring (bicyclic) bond motifs is 2. The third-order valence-corrected chi connectivity index (χ3v) is 16.4. The molecule has 4 aromatic rings. The van der Waals surface area contributed by atoms with Crippen LogP contribution in [0, 0.1) is 0 Å². The third-order valence-electron chi connectivity index (χ3n) is 11.8. The van der Waals surface area contributed by atoms with E-state index < -0.39 is 50.9 Å². The Morgan fingerprint density at radius 3 is 1.42 bits per heavy atom. The van der Waals surface area contributed by atoms with Gasteiger partial charge in [0.05, 0.1) is 68.7 Å². The first-order valence-corrected chi connectivity index (χ1v) is 23.3. The number of hydrogen-bond acceptors (Lipinski definition) is 7. The third kappa shape index (κ3) is 11.5. The summed E-state index contributed by atoms with van der Waals surface area (Å²) in [5, 5.41) is 28.0. The molecule has 0 fully saturated rings. The smallest absolute Gasteiger partial charge is 0.223 e. The van der Waals surface area contributed by atoms with Crippen LogP contribution >= 0.6 is 0 Å². The number of aliphatic hydroxyl groups excluding tert-OH is 2. The molecule has 4 aromatic carbocycles. The fourth-order valence-corrected chi connectivity index (χ4v) is 9.12. The Labute approximate surface area is 339 Å². The monoisotopic (exact) mass is 792 g/mol. The lowest BCUT2D eigenvalue weighted by atomic mass is 10.00. The Balaban J connectivity index is 1.24. The highest BCUT2D eigenvalue weighted by atomic mass is 28.4. The summed E-state index contributed by atoms with van der Waals surface area (Å²) in [5.41, 5.74) is 5.91. The molecule has 9 nitrogen and oxygen atoms in total. The fraction of sp³-hybridized carbons (Fsp3) is 0.447. The molecule has 6 atom stereocenters. The molecule has 4 N–H and O–H groups in total. The second-order valence-corrected chi connectivity index (χ2v) is 22.0. The van der Waals surface area contributed by atoms with E-state index in [4.69, 9.17) is 13.9 Å². The van der Waals surface area contributed by atoms with E-state index in [1.165, 1.54) is 0 Å². The first-order chi connectivity index (χ1) is 27.3. The summed E-state index contributed by atoms with van der Waals surface area (Å²) in [5.74, 6) is -0.432. The van der Waals surface area contributed by atoms with E-state index in [1.54, 1.807) is 0 Å². The normalized spacial score (nSPS) is 20.1. The van der Waals surface area contributed by atoms with Crippen LogP contribution in [0.3, 0.4) is 0 Å². The average molecular weight is 793 g/mol. The highest BCUT2D eigenvalue weighted by molar-refractivity contribution is 6.74. The average Bonchev–Trinajstić information content (AvgIpc) is 3.66.